The first kappa shape index (κ1) is 29.4. The molecule has 2 aromatic rings. The van der Waals surface area contributed by atoms with E-state index in [2.05, 4.69) is 9.74 Å². The highest BCUT2D eigenvalue weighted by molar-refractivity contribution is 6.13. The maximum absolute atomic E-state index is 13.8. The summed E-state index contributed by atoms with van der Waals surface area (Å²) in [6.07, 6.45) is -11.0. The van der Waals surface area contributed by atoms with E-state index in [9.17, 15) is 40.3 Å². The molecule has 1 atom stereocenters. The lowest BCUT2D eigenvalue weighted by molar-refractivity contribution is -0.202. The number of carbonyl (C=O) groups excluding carboxylic acids is 2. The summed E-state index contributed by atoms with van der Waals surface area (Å²) in [5, 5.41) is 0.345. The SMILES string of the molecule is CC1N(OC(=O)C(F)(F)F)c2cccc(C(F)(F)F)c2C(=O)N1c1ccc(OCCCN2CCC(F)CC2)cc1. The number of piperidine rings is 1. The number of ether oxygens (including phenoxy) is 1. The summed E-state index contributed by atoms with van der Waals surface area (Å²) in [6, 6.07) is 8.13. The molecule has 7 nitrogen and oxygen atoms in total. The fourth-order valence-electron chi connectivity index (χ4n) is 4.69. The Bertz CT molecular complexity index is 1210. The smallest absolute Gasteiger partial charge is 0.493 e. The molecular formula is C26H26F7N3O4. The molecule has 2 heterocycles. The first-order valence-corrected chi connectivity index (χ1v) is 12.5. The number of carbonyl (C=O) groups is 2. The van der Waals surface area contributed by atoms with Gasteiger partial charge in [-0.05, 0) is 62.6 Å². The van der Waals surface area contributed by atoms with Crippen LogP contribution in [0.5, 0.6) is 5.75 Å². The zero-order valence-electron chi connectivity index (χ0n) is 21.3. The standard InChI is InChI=1S/C26H26F7N3O4/c1-16-35(18-6-8-19(9-7-18)39-15-3-12-34-13-10-17(27)11-14-34)23(37)22-20(25(28,29)30)4-2-5-21(22)36(16)40-24(38)26(31,32)33/h2,4-9,16-17H,3,10-15H2,1H3. The predicted molar refractivity (Wildman–Crippen MR) is 129 cm³/mol. The van der Waals surface area contributed by atoms with Crippen LogP contribution in [0.3, 0.4) is 0 Å². The number of nitrogens with zero attached hydrogens (tertiary/aromatic N) is 3. The molecule has 40 heavy (non-hydrogen) atoms. The van der Waals surface area contributed by atoms with E-state index >= 15 is 0 Å². The van der Waals surface area contributed by atoms with Crippen LogP contribution in [-0.2, 0) is 15.8 Å². The minimum atomic E-state index is -5.43. The summed E-state index contributed by atoms with van der Waals surface area (Å²) < 4.78 is 99.2. The van der Waals surface area contributed by atoms with Gasteiger partial charge in [0.2, 0.25) is 0 Å². The van der Waals surface area contributed by atoms with Gasteiger partial charge in [-0.1, -0.05) is 6.07 Å². The van der Waals surface area contributed by atoms with Crippen molar-refractivity contribution in [1.82, 2.24) is 4.90 Å². The Morgan fingerprint density at radius 1 is 1.00 bits per heavy atom. The summed E-state index contributed by atoms with van der Waals surface area (Å²) in [5.41, 5.74) is -2.94. The number of halogens is 7. The minimum absolute atomic E-state index is 0.0367. The maximum Gasteiger partial charge on any atom is 0.493 e. The van der Waals surface area contributed by atoms with Crippen LogP contribution in [0.1, 0.15) is 42.1 Å². The van der Waals surface area contributed by atoms with E-state index in [-0.39, 0.29) is 5.69 Å². The Labute approximate surface area is 225 Å². The highest BCUT2D eigenvalue weighted by Crippen LogP contribution is 2.42. The highest BCUT2D eigenvalue weighted by Gasteiger charge is 2.48. The van der Waals surface area contributed by atoms with Crippen molar-refractivity contribution in [2.75, 3.05) is 36.2 Å². The fraction of sp³-hybridized carbons (Fsp3) is 0.462. The Morgan fingerprint density at radius 3 is 2.25 bits per heavy atom. The molecule has 14 heteroatoms. The van der Waals surface area contributed by atoms with E-state index in [0.29, 0.717) is 55.8 Å². The Morgan fingerprint density at radius 2 is 1.65 bits per heavy atom. The fourth-order valence-corrected chi connectivity index (χ4v) is 4.69. The van der Waals surface area contributed by atoms with Crippen molar-refractivity contribution < 1.29 is 49.9 Å². The molecule has 0 spiro atoms. The third-order valence-corrected chi connectivity index (χ3v) is 6.66. The summed E-state index contributed by atoms with van der Waals surface area (Å²) in [7, 11) is 0. The van der Waals surface area contributed by atoms with E-state index < -0.39 is 53.4 Å². The van der Waals surface area contributed by atoms with E-state index in [4.69, 9.17) is 4.74 Å². The molecule has 2 aliphatic heterocycles. The van der Waals surface area contributed by atoms with Crippen LogP contribution in [0.25, 0.3) is 0 Å². The van der Waals surface area contributed by atoms with Gasteiger partial charge in [0, 0.05) is 25.3 Å². The van der Waals surface area contributed by atoms with Crippen LogP contribution in [0.15, 0.2) is 42.5 Å². The van der Waals surface area contributed by atoms with E-state index in [1.807, 2.05) is 0 Å². The lowest BCUT2D eigenvalue weighted by Gasteiger charge is -2.42. The van der Waals surface area contributed by atoms with Crippen LogP contribution in [0, 0.1) is 0 Å². The number of hydrogen-bond acceptors (Lipinski definition) is 6. The van der Waals surface area contributed by atoms with Gasteiger partial charge in [-0.2, -0.15) is 31.4 Å². The van der Waals surface area contributed by atoms with Crippen LogP contribution >= 0.6 is 0 Å². The summed E-state index contributed by atoms with van der Waals surface area (Å²) >= 11 is 0. The number of likely N-dealkylation sites (tertiary alicyclic amines) is 1. The minimum Gasteiger partial charge on any atom is -0.494 e. The van der Waals surface area contributed by atoms with Gasteiger partial charge in [-0.3, -0.25) is 9.69 Å². The number of amides is 1. The molecule has 2 aromatic carbocycles. The van der Waals surface area contributed by atoms with Crippen molar-refractivity contribution in [3.8, 4) is 5.75 Å². The third-order valence-electron chi connectivity index (χ3n) is 6.66. The van der Waals surface area contributed by atoms with E-state index in [1.54, 1.807) is 0 Å². The van der Waals surface area contributed by atoms with Crippen molar-refractivity contribution >= 4 is 23.3 Å². The number of anilines is 2. The van der Waals surface area contributed by atoms with Gasteiger partial charge >= 0.3 is 18.3 Å². The van der Waals surface area contributed by atoms with Crippen molar-refractivity contribution in [2.24, 2.45) is 0 Å². The first-order chi connectivity index (χ1) is 18.8. The average Bonchev–Trinajstić information content (AvgIpc) is 2.89. The number of hydrogen-bond donors (Lipinski definition) is 0. The maximum atomic E-state index is 13.8. The summed E-state index contributed by atoms with van der Waals surface area (Å²) in [4.78, 5) is 32.4. The molecule has 4 rings (SSSR count). The Hall–Kier alpha value is -3.55. The van der Waals surface area contributed by atoms with Crippen molar-refractivity contribution in [1.29, 1.82) is 0 Å². The third kappa shape index (κ3) is 6.43. The molecule has 0 bridgehead atoms. The number of fused-ring (bicyclic) bond motifs is 1. The Kier molecular flexibility index (Phi) is 8.47. The quantitative estimate of drug-likeness (QED) is 0.309. The monoisotopic (exact) mass is 577 g/mol. The van der Waals surface area contributed by atoms with Gasteiger partial charge < -0.3 is 14.5 Å². The average molecular weight is 577 g/mol. The van der Waals surface area contributed by atoms with Crippen LogP contribution in [-0.4, -0.2) is 61.5 Å². The topological polar surface area (TPSA) is 62.3 Å². The van der Waals surface area contributed by atoms with Gasteiger partial charge in [-0.15, -0.1) is 0 Å². The molecule has 2 aliphatic rings. The molecule has 218 valence electrons. The number of benzene rings is 2. The first-order valence-electron chi connectivity index (χ1n) is 12.5. The zero-order chi connectivity index (χ0) is 29.2. The van der Waals surface area contributed by atoms with Gasteiger partial charge in [-0.25, -0.2) is 9.18 Å². The van der Waals surface area contributed by atoms with Crippen LogP contribution < -0.4 is 14.7 Å². The second kappa shape index (κ2) is 11.5. The van der Waals surface area contributed by atoms with Crippen LogP contribution in [0.4, 0.5) is 42.1 Å². The molecule has 1 amide bonds. The summed E-state index contributed by atoms with van der Waals surface area (Å²) in [6.45, 7) is 3.61. The lowest BCUT2D eigenvalue weighted by Crippen LogP contribution is -2.56. The van der Waals surface area contributed by atoms with Gasteiger partial charge in [0.15, 0.2) is 0 Å². The Balaban J connectivity index is 1.54. The second-order valence-corrected chi connectivity index (χ2v) is 9.42. The van der Waals surface area contributed by atoms with E-state index in [0.717, 1.165) is 23.6 Å². The van der Waals surface area contributed by atoms with Gasteiger partial charge in [0.25, 0.3) is 5.91 Å². The molecule has 0 aromatic heterocycles. The number of alkyl halides is 7. The lowest BCUT2D eigenvalue weighted by atomic mass is 9.99. The predicted octanol–water partition coefficient (Wildman–Crippen LogP) is 5.74. The van der Waals surface area contributed by atoms with Crippen molar-refractivity contribution in [2.45, 2.75) is 50.9 Å². The summed E-state index contributed by atoms with van der Waals surface area (Å²) in [5.74, 6) is -3.41. The van der Waals surface area contributed by atoms with Crippen molar-refractivity contribution in [3.05, 3.63) is 53.6 Å². The largest absolute Gasteiger partial charge is 0.494 e. The molecule has 0 saturated carbocycles. The molecule has 1 fully saturated rings. The molecular weight excluding hydrogens is 551 g/mol. The van der Waals surface area contributed by atoms with E-state index in [1.165, 1.54) is 31.2 Å². The van der Waals surface area contributed by atoms with Crippen molar-refractivity contribution in [3.63, 3.8) is 0 Å². The zero-order valence-corrected chi connectivity index (χ0v) is 21.3. The highest BCUT2D eigenvalue weighted by atomic mass is 19.4. The normalized spacial score (nSPS) is 19.0. The molecule has 0 N–H and O–H groups in total. The van der Waals surface area contributed by atoms with Gasteiger partial charge in [0.1, 0.15) is 18.1 Å². The molecule has 0 aliphatic carbocycles. The second-order valence-electron chi connectivity index (χ2n) is 9.42. The molecule has 1 saturated heterocycles. The molecule has 0 radical (unpaired) electrons. The van der Waals surface area contributed by atoms with Crippen LogP contribution in [0.2, 0.25) is 0 Å². The van der Waals surface area contributed by atoms with Gasteiger partial charge in [0.05, 0.1) is 23.4 Å². The number of hydroxylamine groups is 1. The molecule has 1 unspecified atom stereocenters. The number of rotatable bonds is 7.